The Kier molecular flexibility index (Phi) is 2.02. The number of likely N-dealkylation sites (tertiary alicyclic amines) is 1. The van der Waals surface area contributed by atoms with Crippen LogP contribution in [0.5, 0.6) is 0 Å². The summed E-state index contributed by atoms with van der Waals surface area (Å²) in [4.78, 5) is 2.41. The second kappa shape index (κ2) is 2.51. The minimum absolute atomic E-state index is 0.397. The van der Waals surface area contributed by atoms with Crippen LogP contribution in [0.2, 0.25) is 0 Å². The Morgan fingerprint density at radius 3 is 2.30 bits per heavy atom. The highest BCUT2D eigenvalue weighted by molar-refractivity contribution is 4.93. The van der Waals surface area contributed by atoms with Gasteiger partial charge in [-0.25, -0.2) is 0 Å². The molecule has 0 radical (unpaired) electrons. The van der Waals surface area contributed by atoms with Crippen molar-refractivity contribution in [1.29, 1.82) is 0 Å². The van der Waals surface area contributed by atoms with E-state index in [0.29, 0.717) is 11.6 Å². The number of nitrogens with zero attached hydrogens (tertiary/aromatic N) is 1. The van der Waals surface area contributed by atoms with Crippen molar-refractivity contribution >= 4 is 0 Å². The van der Waals surface area contributed by atoms with E-state index in [2.05, 4.69) is 31.1 Å². The molecule has 0 aliphatic carbocycles. The molecule has 2 heteroatoms. The standard InChI is InChI=1S/C8H18N2/c1-8(2)5-7(9-3)6-10(8)4/h7,9H,5-6H2,1-4H3/t7-/m1/s1. The second-order valence-electron chi connectivity index (χ2n) is 3.88. The molecule has 0 bridgehead atoms. The van der Waals surface area contributed by atoms with E-state index in [0.717, 1.165) is 0 Å². The summed E-state index contributed by atoms with van der Waals surface area (Å²) in [6.07, 6.45) is 1.26. The average Bonchev–Trinajstić information content (AvgIpc) is 2.08. The van der Waals surface area contributed by atoms with Gasteiger partial charge < -0.3 is 5.32 Å². The lowest BCUT2D eigenvalue weighted by molar-refractivity contribution is 0.218. The van der Waals surface area contributed by atoms with Crippen molar-refractivity contribution in [2.45, 2.75) is 31.8 Å². The van der Waals surface area contributed by atoms with Gasteiger partial charge in [0, 0.05) is 18.1 Å². The van der Waals surface area contributed by atoms with Crippen molar-refractivity contribution < 1.29 is 0 Å². The maximum atomic E-state index is 3.31. The van der Waals surface area contributed by atoms with E-state index >= 15 is 0 Å². The van der Waals surface area contributed by atoms with Crippen molar-refractivity contribution in [2.75, 3.05) is 20.6 Å². The predicted octanol–water partition coefficient (Wildman–Crippen LogP) is 0.688. The van der Waals surface area contributed by atoms with Crippen molar-refractivity contribution in [1.82, 2.24) is 10.2 Å². The molecule has 1 aliphatic rings. The molecule has 1 heterocycles. The molecule has 0 aromatic heterocycles. The maximum Gasteiger partial charge on any atom is 0.0209 e. The molecule has 1 aliphatic heterocycles. The summed E-state index contributed by atoms with van der Waals surface area (Å²) in [5.74, 6) is 0. The Morgan fingerprint density at radius 1 is 1.50 bits per heavy atom. The monoisotopic (exact) mass is 142 g/mol. The zero-order chi connectivity index (χ0) is 7.78. The number of hydrogen-bond donors (Lipinski definition) is 1. The summed E-state index contributed by atoms with van der Waals surface area (Å²) in [6, 6.07) is 0.694. The summed E-state index contributed by atoms with van der Waals surface area (Å²) < 4.78 is 0. The fourth-order valence-electron chi connectivity index (χ4n) is 1.59. The van der Waals surface area contributed by atoms with Gasteiger partial charge in [-0.2, -0.15) is 0 Å². The van der Waals surface area contributed by atoms with Gasteiger partial charge in [0.2, 0.25) is 0 Å². The molecule has 10 heavy (non-hydrogen) atoms. The van der Waals surface area contributed by atoms with Gasteiger partial charge >= 0.3 is 0 Å². The Balaban J connectivity index is 2.53. The second-order valence-corrected chi connectivity index (χ2v) is 3.88. The third kappa shape index (κ3) is 1.32. The maximum absolute atomic E-state index is 3.31. The van der Waals surface area contributed by atoms with Crippen molar-refractivity contribution in [3.63, 3.8) is 0 Å². The minimum Gasteiger partial charge on any atom is -0.316 e. The summed E-state index contributed by atoms with van der Waals surface area (Å²) >= 11 is 0. The van der Waals surface area contributed by atoms with Crippen LogP contribution in [0.25, 0.3) is 0 Å². The van der Waals surface area contributed by atoms with Crippen LogP contribution in [-0.4, -0.2) is 37.1 Å². The molecule has 0 amide bonds. The molecule has 1 rings (SSSR count). The van der Waals surface area contributed by atoms with Crippen LogP contribution >= 0.6 is 0 Å². The van der Waals surface area contributed by atoms with Gasteiger partial charge in [-0.15, -0.1) is 0 Å². The van der Waals surface area contributed by atoms with Gasteiger partial charge in [0.05, 0.1) is 0 Å². The molecular formula is C8H18N2. The summed E-state index contributed by atoms with van der Waals surface area (Å²) in [5, 5.41) is 3.31. The SMILES string of the molecule is CN[C@H]1CN(C)C(C)(C)C1. The van der Waals surface area contributed by atoms with Gasteiger partial charge in [-0.05, 0) is 34.4 Å². The summed E-state index contributed by atoms with van der Waals surface area (Å²) in [7, 11) is 4.23. The van der Waals surface area contributed by atoms with Crippen LogP contribution in [0.15, 0.2) is 0 Å². The first kappa shape index (κ1) is 8.02. The average molecular weight is 142 g/mol. The summed E-state index contributed by atoms with van der Waals surface area (Å²) in [6.45, 7) is 5.78. The lowest BCUT2D eigenvalue weighted by Gasteiger charge is -2.26. The molecule has 1 N–H and O–H groups in total. The highest BCUT2D eigenvalue weighted by Crippen LogP contribution is 2.25. The van der Waals surface area contributed by atoms with Crippen LogP contribution in [0, 0.1) is 0 Å². The fourth-order valence-corrected chi connectivity index (χ4v) is 1.59. The van der Waals surface area contributed by atoms with Crippen LogP contribution in [0.4, 0.5) is 0 Å². The first-order valence-electron chi connectivity index (χ1n) is 3.95. The molecule has 1 atom stereocenters. The van der Waals surface area contributed by atoms with E-state index in [1.165, 1.54) is 13.0 Å². The molecule has 0 aromatic rings. The zero-order valence-electron chi connectivity index (χ0n) is 7.44. The van der Waals surface area contributed by atoms with Crippen molar-refractivity contribution in [3.8, 4) is 0 Å². The minimum atomic E-state index is 0.397. The van der Waals surface area contributed by atoms with Gasteiger partial charge in [-0.3, -0.25) is 4.90 Å². The molecule has 2 nitrogen and oxygen atoms in total. The quantitative estimate of drug-likeness (QED) is 0.579. The predicted molar refractivity (Wildman–Crippen MR) is 44.2 cm³/mol. The van der Waals surface area contributed by atoms with Crippen molar-refractivity contribution in [3.05, 3.63) is 0 Å². The summed E-state index contributed by atoms with van der Waals surface area (Å²) in [5.41, 5.74) is 0.397. The molecule has 1 saturated heterocycles. The Bertz CT molecular complexity index is 120. The number of nitrogens with one attached hydrogen (secondary N) is 1. The van der Waals surface area contributed by atoms with Gasteiger partial charge in [0.25, 0.3) is 0 Å². The lowest BCUT2D eigenvalue weighted by Crippen LogP contribution is -2.34. The zero-order valence-corrected chi connectivity index (χ0v) is 7.44. The molecule has 0 unspecified atom stereocenters. The van der Waals surface area contributed by atoms with Crippen LogP contribution in [-0.2, 0) is 0 Å². The van der Waals surface area contributed by atoms with E-state index in [1.54, 1.807) is 0 Å². The van der Waals surface area contributed by atoms with Gasteiger partial charge in [0.1, 0.15) is 0 Å². The number of likely N-dealkylation sites (N-methyl/N-ethyl adjacent to an activating group) is 2. The highest BCUT2D eigenvalue weighted by Gasteiger charge is 2.34. The first-order chi connectivity index (χ1) is 4.56. The molecular weight excluding hydrogens is 124 g/mol. The van der Waals surface area contributed by atoms with E-state index in [-0.39, 0.29) is 0 Å². The van der Waals surface area contributed by atoms with Gasteiger partial charge in [-0.1, -0.05) is 0 Å². The Labute approximate surface area is 63.6 Å². The van der Waals surface area contributed by atoms with Crippen LogP contribution in [0.1, 0.15) is 20.3 Å². The topological polar surface area (TPSA) is 15.3 Å². The number of hydrogen-bond acceptors (Lipinski definition) is 2. The van der Waals surface area contributed by atoms with Crippen LogP contribution in [0.3, 0.4) is 0 Å². The van der Waals surface area contributed by atoms with E-state index in [4.69, 9.17) is 0 Å². The lowest BCUT2D eigenvalue weighted by atomic mass is 10.0. The van der Waals surface area contributed by atoms with Crippen molar-refractivity contribution in [2.24, 2.45) is 0 Å². The Morgan fingerprint density at radius 2 is 2.10 bits per heavy atom. The molecule has 0 spiro atoms. The van der Waals surface area contributed by atoms with E-state index in [9.17, 15) is 0 Å². The third-order valence-corrected chi connectivity index (χ3v) is 2.68. The number of rotatable bonds is 1. The Hall–Kier alpha value is -0.0800. The molecule has 0 saturated carbocycles. The molecule has 1 fully saturated rings. The van der Waals surface area contributed by atoms with Gasteiger partial charge in [0.15, 0.2) is 0 Å². The fraction of sp³-hybridized carbons (Fsp3) is 1.00. The highest BCUT2D eigenvalue weighted by atomic mass is 15.2. The molecule has 60 valence electrons. The normalized spacial score (nSPS) is 33.0. The third-order valence-electron chi connectivity index (χ3n) is 2.68. The smallest absolute Gasteiger partial charge is 0.0209 e. The van der Waals surface area contributed by atoms with E-state index in [1.807, 2.05) is 7.05 Å². The van der Waals surface area contributed by atoms with Crippen LogP contribution < -0.4 is 5.32 Å². The molecule has 0 aromatic carbocycles. The largest absolute Gasteiger partial charge is 0.316 e. The van der Waals surface area contributed by atoms with E-state index < -0.39 is 0 Å². The first-order valence-corrected chi connectivity index (χ1v) is 3.95.